The van der Waals surface area contributed by atoms with Gasteiger partial charge in [-0.3, -0.25) is 4.79 Å². The highest BCUT2D eigenvalue weighted by Gasteiger charge is 2.41. The summed E-state index contributed by atoms with van der Waals surface area (Å²) < 4.78 is 6.24. The van der Waals surface area contributed by atoms with Gasteiger partial charge in [0.2, 0.25) is 0 Å². The molecule has 1 fully saturated rings. The third kappa shape index (κ3) is 3.04. The van der Waals surface area contributed by atoms with Crippen LogP contribution in [-0.2, 0) is 23.3 Å². The summed E-state index contributed by atoms with van der Waals surface area (Å²) in [4.78, 5) is 17.0. The zero-order valence-electron chi connectivity index (χ0n) is 13.8. The third-order valence-corrected chi connectivity index (χ3v) is 6.98. The van der Waals surface area contributed by atoms with Gasteiger partial charge in [0, 0.05) is 30.9 Å². The van der Waals surface area contributed by atoms with Crippen LogP contribution in [0.1, 0.15) is 38.5 Å². The maximum Gasteiger partial charge on any atom is 0.261 e. The number of ether oxygens (including phenoxy) is 1. The molecule has 0 unspecified atom stereocenters. The van der Waals surface area contributed by atoms with E-state index in [9.17, 15) is 4.79 Å². The molecule has 2 aliphatic rings. The van der Waals surface area contributed by atoms with Crippen LogP contribution < -0.4 is 5.32 Å². The first-order valence-corrected chi connectivity index (χ1v) is 10.2. The van der Waals surface area contributed by atoms with E-state index in [2.05, 4.69) is 28.7 Å². The van der Waals surface area contributed by atoms with Crippen LogP contribution in [0, 0.1) is 0 Å². The number of fused-ring (bicyclic) bond motifs is 2. The Morgan fingerprint density at radius 3 is 3.00 bits per heavy atom. The number of amides is 1. The second-order valence-electron chi connectivity index (χ2n) is 6.66. The molecule has 1 amide bonds. The van der Waals surface area contributed by atoms with E-state index in [1.807, 2.05) is 11.4 Å². The Morgan fingerprint density at radius 2 is 2.25 bits per heavy atom. The van der Waals surface area contributed by atoms with E-state index in [1.165, 1.54) is 10.4 Å². The lowest BCUT2D eigenvalue weighted by molar-refractivity contribution is -0.0942. The first-order chi connectivity index (χ1) is 11.7. The molecule has 128 valence electrons. The van der Waals surface area contributed by atoms with E-state index in [-0.39, 0.29) is 11.5 Å². The number of carbonyl (C=O) groups excluding carboxylic acids is 1. The van der Waals surface area contributed by atoms with Gasteiger partial charge in [0.1, 0.15) is 0 Å². The minimum Gasteiger partial charge on any atom is -0.370 e. The summed E-state index contributed by atoms with van der Waals surface area (Å²) in [5, 5.41) is 7.14. The number of rotatable bonds is 3. The molecule has 1 saturated heterocycles. The molecule has 0 aliphatic carbocycles. The normalized spacial score (nSPS) is 20.0. The van der Waals surface area contributed by atoms with Gasteiger partial charge in [-0.2, -0.15) is 11.3 Å². The first-order valence-electron chi connectivity index (χ1n) is 8.41. The van der Waals surface area contributed by atoms with E-state index in [4.69, 9.17) is 4.74 Å². The van der Waals surface area contributed by atoms with Crippen molar-refractivity contribution in [3.8, 4) is 0 Å². The molecule has 0 aromatic carbocycles. The maximum atomic E-state index is 12.5. The minimum absolute atomic E-state index is 0.0312. The monoisotopic (exact) mass is 362 g/mol. The molecule has 2 aromatic heterocycles. The molecular weight excluding hydrogens is 340 g/mol. The largest absolute Gasteiger partial charge is 0.370 e. The van der Waals surface area contributed by atoms with Gasteiger partial charge in [-0.25, -0.2) is 0 Å². The van der Waals surface area contributed by atoms with Crippen LogP contribution >= 0.6 is 22.7 Å². The Balaban J connectivity index is 1.52. The molecule has 1 N–H and O–H groups in total. The number of thiophene rings is 2. The van der Waals surface area contributed by atoms with E-state index in [1.54, 1.807) is 22.7 Å². The average molecular weight is 363 g/mol. The second kappa shape index (κ2) is 6.59. The van der Waals surface area contributed by atoms with E-state index < -0.39 is 0 Å². The van der Waals surface area contributed by atoms with Crippen molar-refractivity contribution in [2.24, 2.45) is 0 Å². The zero-order chi connectivity index (χ0) is 16.6. The maximum absolute atomic E-state index is 12.5. The topological polar surface area (TPSA) is 41.6 Å². The fraction of sp³-hybridized carbons (Fsp3) is 0.500. The van der Waals surface area contributed by atoms with Crippen LogP contribution in [0.15, 0.2) is 22.9 Å². The quantitative estimate of drug-likeness (QED) is 0.911. The molecule has 1 spiro atoms. The summed E-state index contributed by atoms with van der Waals surface area (Å²) in [5.74, 6) is 0.0312. The number of likely N-dealkylation sites (tertiary alicyclic amines) is 1. The average Bonchev–Trinajstić information content (AvgIpc) is 3.25. The standard InChI is InChI=1S/C18H22N2O2S2/c1-20-6-4-18(5-7-20)14-10-16(24-15(14)2-8-22-18)17(21)19-11-13-3-9-23-12-13/h3,9-10,12H,2,4-8,11H2,1H3,(H,19,21). The van der Waals surface area contributed by atoms with Crippen molar-refractivity contribution in [3.63, 3.8) is 0 Å². The SMILES string of the molecule is CN1CCC2(CC1)OCCc1sc(C(=O)NCc3ccsc3)cc12. The number of hydrogen-bond donors (Lipinski definition) is 1. The minimum atomic E-state index is -0.164. The van der Waals surface area contributed by atoms with Crippen molar-refractivity contribution in [2.45, 2.75) is 31.4 Å². The molecule has 4 heterocycles. The summed E-state index contributed by atoms with van der Waals surface area (Å²) in [5.41, 5.74) is 2.26. The molecule has 0 bridgehead atoms. The van der Waals surface area contributed by atoms with Crippen LogP contribution in [0.5, 0.6) is 0 Å². The molecular formula is C18H22N2O2S2. The van der Waals surface area contributed by atoms with Gasteiger partial charge in [0.05, 0.1) is 17.1 Å². The van der Waals surface area contributed by atoms with Gasteiger partial charge in [-0.15, -0.1) is 11.3 Å². The number of nitrogens with one attached hydrogen (secondary N) is 1. The lowest BCUT2D eigenvalue weighted by Crippen LogP contribution is -2.44. The predicted molar refractivity (Wildman–Crippen MR) is 97.9 cm³/mol. The van der Waals surface area contributed by atoms with Crippen molar-refractivity contribution >= 4 is 28.6 Å². The smallest absolute Gasteiger partial charge is 0.261 e. The molecule has 4 nitrogen and oxygen atoms in total. The van der Waals surface area contributed by atoms with Crippen molar-refractivity contribution in [2.75, 3.05) is 26.7 Å². The summed E-state index contributed by atoms with van der Waals surface area (Å²) in [6, 6.07) is 4.14. The molecule has 0 radical (unpaired) electrons. The number of piperidine rings is 1. The summed E-state index contributed by atoms with van der Waals surface area (Å²) in [6.45, 7) is 3.47. The second-order valence-corrected chi connectivity index (χ2v) is 8.57. The number of carbonyl (C=O) groups is 1. The lowest BCUT2D eigenvalue weighted by atomic mass is 9.82. The van der Waals surface area contributed by atoms with Gasteiger partial charge in [0.25, 0.3) is 5.91 Å². The van der Waals surface area contributed by atoms with Gasteiger partial charge in [-0.1, -0.05) is 0 Å². The van der Waals surface area contributed by atoms with E-state index >= 15 is 0 Å². The number of hydrogen-bond acceptors (Lipinski definition) is 5. The Bertz CT molecular complexity index is 715. The van der Waals surface area contributed by atoms with Crippen LogP contribution in [0.25, 0.3) is 0 Å². The van der Waals surface area contributed by atoms with Crippen LogP contribution in [-0.4, -0.2) is 37.6 Å². The van der Waals surface area contributed by atoms with Crippen LogP contribution in [0.2, 0.25) is 0 Å². The highest BCUT2D eigenvalue weighted by molar-refractivity contribution is 7.14. The Kier molecular flexibility index (Phi) is 4.47. The van der Waals surface area contributed by atoms with Crippen LogP contribution in [0.3, 0.4) is 0 Å². The lowest BCUT2D eigenvalue weighted by Gasteiger charge is -2.43. The van der Waals surface area contributed by atoms with Crippen molar-refractivity contribution < 1.29 is 9.53 Å². The van der Waals surface area contributed by atoms with Gasteiger partial charge in [-0.05, 0) is 53.9 Å². The fourth-order valence-electron chi connectivity index (χ4n) is 3.58. The third-order valence-electron chi connectivity index (χ3n) is 5.06. The Hall–Kier alpha value is -1.21. The van der Waals surface area contributed by atoms with Crippen molar-refractivity contribution in [3.05, 3.63) is 43.8 Å². The highest BCUT2D eigenvalue weighted by atomic mass is 32.1. The summed E-state index contributed by atoms with van der Waals surface area (Å²) in [6.07, 6.45) is 2.96. The molecule has 24 heavy (non-hydrogen) atoms. The van der Waals surface area contributed by atoms with E-state index in [0.717, 1.165) is 49.4 Å². The molecule has 4 rings (SSSR count). The van der Waals surface area contributed by atoms with E-state index in [0.29, 0.717) is 6.54 Å². The molecule has 6 heteroatoms. The Morgan fingerprint density at radius 1 is 1.42 bits per heavy atom. The fourth-order valence-corrected chi connectivity index (χ4v) is 5.40. The molecule has 2 aromatic rings. The number of nitrogens with zero attached hydrogens (tertiary/aromatic N) is 1. The summed E-state index contributed by atoms with van der Waals surface area (Å²) in [7, 11) is 2.16. The summed E-state index contributed by atoms with van der Waals surface area (Å²) >= 11 is 3.30. The predicted octanol–water partition coefficient (Wildman–Crippen LogP) is 3.23. The van der Waals surface area contributed by atoms with Gasteiger partial charge in [0.15, 0.2) is 0 Å². The first kappa shape index (κ1) is 16.3. The molecule has 0 atom stereocenters. The van der Waals surface area contributed by atoms with Gasteiger partial charge < -0.3 is 15.0 Å². The van der Waals surface area contributed by atoms with Crippen molar-refractivity contribution in [1.29, 1.82) is 0 Å². The van der Waals surface area contributed by atoms with Crippen molar-refractivity contribution in [1.82, 2.24) is 10.2 Å². The highest BCUT2D eigenvalue weighted by Crippen LogP contribution is 2.44. The molecule has 0 saturated carbocycles. The molecule has 2 aliphatic heterocycles. The Labute approximate surface area is 150 Å². The van der Waals surface area contributed by atoms with Gasteiger partial charge >= 0.3 is 0 Å². The van der Waals surface area contributed by atoms with Crippen LogP contribution in [0.4, 0.5) is 0 Å². The zero-order valence-corrected chi connectivity index (χ0v) is 15.5.